The van der Waals surface area contributed by atoms with Crippen molar-refractivity contribution in [3.8, 4) is 0 Å². The number of rotatable bonds is 21. The Morgan fingerprint density at radius 2 is 1.02 bits per heavy atom. The summed E-state index contributed by atoms with van der Waals surface area (Å²) in [5.41, 5.74) is 22.1. The van der Waals surface area contributed by atoms with Crippen molar-refractivity contribution in [2.45, 2.75) is 157 Å². The maximum atomic E-state index is 9.13. The van der Waals surface area contributed by atoms with E-state index in [-0.39, 0.29) is 0 Å². The van der Waals surface area contributed by atoms with Crippen LogP contribution in [0.3, 0.4) is 0 Å². The quantitative estimate of drug-likeness (QED) is 0.0472. The number of hydrogen-bond donors (Lipinski definition) is 0. The normalized spacial score (nSPS) is 11.4. The molecule has 0 fully saturated rings. The van der Waals surface area contributed by atoms with Gasteiger partial charge in [-0.25, -0.2) is 0 Å². The van der Waals surface area contributed by atoms with Crippen molar-refractivity contribution in [3.05, 3.63) is 86.5 Å². The lowest BCUT2D eigenvalue weighted by atomic mass is 9.84. The van der Waals surface area contributed by atoms with Gasteiger partial charge in [0.15, 0.2) is 0 Å². The second-order valence-electron chi connectivity index (χ2n) is 12.0. The summed E-state index contributed by atoms with van der Waals surface area (Å²) in [7, 11) is 0. The van der Waals surface area contributed by atoms with Crippen molar-refractivity contribution in [3.63, 3.8) is 0 Å². The van der Waals surface area contributed by atoms with E-state index in [1.54, 1.807) is 22.8 Å². The molecule has 0 saturated carbocycles. The Bertz CT molecular complexity index is 1130. The molecule has 2 rings (SSSR count). The molecule has 0 aromatic heterocycles. The first-order chi connectivity index (χ1) is 20.6. The first-order valence-electron chi connectivity index (χ1n) is 17.5. The van der Waals surface area contributed by atoms with Crippen molar-refractivity contribution >= 4 is 11.4 Å². The smallest absolute Gasteiger partial charge is 0.299 e. The highest BCUT2D eigenvalue weighted by atomic mass is 14.8. The van der Waals surface area contributed by atoms with Crippen LogP contribution in [0.25, 0.3) is 11.1 Å². The van der Waals surface area contributed by atoms with Crippen molar-refractivity contribution in [1.29, 1.82) is 0 Å². The van der Waals surface area contributed by atoms with Crippen LogP contribution >= 0.6 is 0 Å². The SMILES string of the molecule is CCCCCCc1cc(C(=CC=C=[N+]=[N-])c2cc(CC)c(CC)c(CC)c2)cc(CCCCCC)c1CCCCCC. The Morgan fingerprint density at radius 3 is 1.43 bits per heavy atom. The Morgan fingerprint density at radius 1 is 0.571 bits per heavy atom. The lowest BCUT2D eigenvalue weighted by molar-refractivity contribution is 0.00805. The van der Waals surface area contributed by atoms with Crippen molar-refractivity contribution in [2.24, 2.45) is 0 Å². The minimum Gasteiger partial charge on any atom is -0.348 e. The molecule has 0 bridgehead atoms. The molecule has 0 aliphatic rings. The molecular weight excluding hydrogens is 508 g/mol. The van der Waals surface area contributed by atoms with Crippen LogP contribution in [0.1, 0.15) is 163 Å². The number of benzene rings is 2. The molecule has 0 atom stereocenters. The van der Waals surface area contributed by atoms with Gasteiger partial charge in [-0.2, -0.15) is 0 Å². The highest BCUT2D eigenvalue weighted by molar-refractivity contribution is 5.83. The van der Waals surface area contributed by atoms with E-state index in [4.69, 9.17) is 5.53 Å². The fourth-order valence-corrected chi connectivity index (χ4v) is 6.48. The highest BCUT2D eigenvalue weighted by Gasteiger charge is 2.17. The largest absolute Gasteiger partial charge is 0.348 e. The van der Waals surface area contributed by atoms with Crippen molar-refractivity contribution in [1.82, 2.24) is 0 Å². The Kier molecular flexibility index (Phi) is 17.8. The van der Waals surface area contributed by atoms with Crippen LogP contribution in [0.5, 0.6) is 0 Å². The van der Waals surface area contributed by atoms with Gasteiger partial charge in [-0.15, -0.1) is 4.79 Å². The highest BCUT2D eigenvalue weighted by Crippen LogP contribution is 2.33. The molecule has 0 unspecified atom stereocenters. The number of allylic oxidation sites excluding steroid dienone is 2. The molecule has 2 aromatic carbocycles. The molecule has 2 aromatic rings. The average Bonchev–Trinajstić information content (AvgIpc) is 3.01. The molecule has 0 saturated heterocycles. The molecule has 0 heterocycles. The zero-order valence-electron chi connectivity index (χ0n) is 28.1. The Balaban J connectivity index is 2.75. The number of unbranched alkanes of at least 4 members (excludes halogenated alkanes) is 9. The van der Waals surface area contributed by atoms with Gasteiger partial charge in [0.05, 0.1) is 6.08 Å². The van der Waals surface area contributed by atoms with Crippen molar-refractivity contribution < 1.29 is 4.79 Å². The van der Waals surface area contributed by atoms with Gasteiger partial charge in [0.25, 0.3) is 5.87 Å². The fraction of sp³-hybridized carbons (Fsp3) is 0.600. The zero-order valence-corrected chi connectivity index (χ0v) is 28.1. The summed E-state index contributed by atoms with van der Waals surface area (Å²) in [6.07, 6.45) is 26.0. The van der Waals surface area contributed by atoms with Gasteiger partial charge in [0.2, 0.25) is 0 Å². The molecule has 0 spiro atoms. The molecule has 2 nitrogen and oxygen atoms in total. The molecule has 230 valence electrons. The minimum absolute atomic E-state index is 1.04. The van der Waals surface area contributed by atoms with E-state index in [9.17, 15) is 0 Å². The van der Waals surface area contributed by atoms with E-state index in [0.29, 0.717) is 0 Å². The predicted octanol–water partition coefficient (Wildman–Crippen LogP) is 11.6. The molecule has 0 aliphatic heterocycles. The van der Waals surface area contributed by atoms with Gasteiger partial charge in [-0.3, -0.25) is 0 Å². The third-order valence-electron chi connectivity index (χ3n) is 8.87. The fourth-order valence-electron chi connectivity index (χ4n) is 6.48. The average molecular weight is 569 g/mol. The summed E-state index contributed by atoms with van der Waals surface area (Å²) < 4.78 is 0. The summed E-state index contributed by atoms with van der Waals surface area (Å²) in [5, 5.41) is 0. The van der Waals surface area contributed by atoms with Gasteiger partial charge in [-0.05, 0) is 114 Å². The van der Waals surface area contributed by atoms with Crippen LogP contribution in [-0.2, 0) is 38.5 Å². The van der Waals surface area contributed by atoms with Gasteiger partial charge < -0.3 is 5.53 Å². The third kappa shape index (κ3) is 11.2. The van der Waals surface area contributed by atoms with Gasteiger partial charge in [-0.1, -0.05) is 124 Å². The van der Waals surface area contributed by atoms with E-state index in [0.717, 1.165) is 32.1 Å². The topological polar surface area (TPSA) is 36.4 Å². The molecular formula is C40H60N2. The lowest BCUT2D eigenvalue weighted by Crippen LogP contribution is -2.06. The molecule has 0 radical (unpaired) electrons. The number of nitrogens with zero attached hydrogens (tertiary/aromatic N) is 2. The van der Waals surface area contributed by atoms with E-state index in [1.807, 2.05) is 0 Å². The maximum Gasteiger partial charge on any atom is 0.299 e. The second kappa shape index (κ2) is 21.1. The molecule has 2 heteroatoms. The third-order valence-corrected chi connectivity index (χ3v) is 8.87. The maximum absolute atomic E-state index is 9.13. The van der Waals surface area contributed by atoms with Crippen LogP contribution in [-0.4, -0.2) is 10.7 Å². The van der Waals surface area contributed by atoms with Crippen molar-refractivity contribution in [2.75, 3.05) is 0 Å². The van der Waals surface area contributed by atoms with E-state index in [2.05, 4.69) is 82.5 Å². The van der Waals surface area contributed by atoms with Crippen LogP contribution < -0.4 is 0 Å². The monoisotopic (exact) mass is 568 g/mol. The first kappa shape index (κ1) is 35.5. The Labute approximate surface area is 259 Å². The molecule has 0 N–H and O–H groups in total. The van der Waals surface area contributed by atoms with Crippen LogP contribution in [0.15, 0.2) is 36.4 Å². The summed E-state index contributed by atoms with van der Waals surface area (Å²) in [4.78, 5) is 3.15. The summed E-state index contributed by atoms with van der Waals surface area (Å²) in [6.45, 7) is 13.7. The summed E-state index contributed by atoms with van der Waals surface area (Å²) in [6, 6.07) is 9.84. The Hall–Kier alpha value is -2.66. The zero-order chi connectivity index (χ0) is 30.6. The van der Waals surface area contributed by atoms with E-state index in [1.165, 1.54) is 117 Å². The summed E-state index contributed by atoms with van der Waals surface area (Å²) in [5.74, 6) is 2.65. The van der Waals surface area contributed by atoms with Gasteiger partial charge in [0, 0.05) is 0 Å². The van der Waals surface area contributed by atoms with Crippen LogP contribution in [0.2, 0.25) is 0 Å². The molecule has 0 aliphatic carbocycles. The van der Waals surface area contributed by atoms with Gasteiger partial charge in [0.1, 0.15) is 0 Å². The minimum atomic E-state index is 1.04. The summed E-state index contributed by atoms with van der Waals surface area (Å²) >= 11 is 0. The second-order valence-corrected chi connectivity index (χ2v) is 12.0. The standard InChI is InChI=1S/C40H60N2/c1-7-13-16-19-23-34-30-37(31-35(24-20-17-14-8-2)39(34)25-21-18-15-9-3)40(26-22-27-42-41)36-28-32(10-4)38(12-6)33(11-5)29-36/h22,26,28-31H,7-21,23-25H2,1-6H3. The van der Waals surface area contributed by atoms with Gasteiger partial charge >= 0.3 is 0 Å². The first-order valence-corrected chi connectivity index (χ1v) is 17.5. The van der Waals surface area contributed by atoms with E-state index >= 15 is 0 Å². The number of aryl methyl sites for hydroxylation is 4. The number of hydrogen-bond acceptors (Lipinski definition) is 0. The lowest BCUT2D eigenvalue weighted by Gasteiger charge is -2.21. The van der Waals surface area contributed by atoms with Crippen LogP contribution in [0.4, 0.5) is 0 Å². The molecule has 0 amide bonds. The van der Waals surface area contributed by atoms with Crippen LogP contribution in [0, 0.1) is 0 Å². The van der Waals surface area contributed by atoms with E-state index < -0.39 is 0 Å². The predicted molar refractivity (Wildman–Crippen MR) is 185 cm³/mol. The molecule has 42 heavy (non-hydrogen) atoms.